The summed E-state index contributed by atoms with van der Waals surface area (Å²) in [7, 11) is 1.61. The van der Waals surface area contributed by atoms with E-state index in [-0.39, 0.29) is 41.0 Å². The number of aliphatic hydroxyl groups is 2. The monoisotopic (exact) mass is 686 g/mol. The molecule has 266 valence electrons. The highest BCUT2D eigenvalue weighted by atomic mass is 16.5. The zero-order valence-electron chi connectivity index (χ0n) is 30.0. The fraction of sp³-hybridized carbons (Fsp3) is 0.455. The van der Waals surface area contributed by atoms with Gasteiger partial charge in [0.1, 0.15) is 5.75 Å². The van der Waals surface area contributed by atoms with Crippen molar-refractivity contribution in [1.82, 2.24) is 4.90 Å². The highest BCUT2D eigenvalue weighted by Crippen LogP contribution is 2.78. The number of ether oxygens (including phenoxy) is 1. The fourth-order valence-corrected chi connectivity index (χ4v) is 11.5. The third kappa shape index (κ3) is 5.06. The molecule has 3 N–H and O–H groups in total. The molecule has 51 heavy (non-hydrogen) atoms. The van der Waals surface area contributed by atoms with Crippen molar-refractivity contribution >= 4 is 17.5 Å². The van der Waals surface area contributed by atoms with Gasteiger partial charge in [-0.3, -0.25) is 4.79 Å². The molecular weight excluding hydrogens is 636 g/mol. The van der Waals surface area contributed by atoms with E-state index < -0.39 is 22.5 Å². The first-order chi connectivity index (χ1) is 24.5. The van der Waals surface area contributed by atoms with E-state index in [4.69, 9.17) is 4.74 Å². The molecule has 7 nitrogen and oxygen atoms in total. The largest absolute Gasteiger partial charge is 0.497 e. The minimum atomic E-state index is -1.19. The van der Waals surface area contributed by atoms with E-state index >= 15 is 0 Å². The number of ketones is 1. The first-order valence-electron chi connectivity index (χ1n) is 18.6. The average molecular weight is 687 g/mol. The number of benzene rings is 3. The van der Waals surface area contributed by atoms with E-state index in [1.165, 1.54) is 0 Å². The van der Waals surface area contributed by atoms with Crippen LogP contribution in [0.15, 0.2) is 109 Å². The summed E-state index contributed by atoms with van der Waals surface area (Å²) >= 11 is 0. The summed E-state index contributed by atoms with van der Waals surface area (Å²) in [6.45, 7) is 5.14. The lowest BCUT2D eigenvalue weighted by Gasteiger charge is -2.71. The van der Waals surface area contributed by atoms with Gasteiger partial charge in [0, 0.05) is 39.6 Å². The Morgan fingerprint density at radius 3 is 2.20 bits per heavy atom. The van der Waals surface area contributed by atoms with Crippen LogP contribution >= 0.6 is 0 Å². The molecule has 0 saturated heterocycles. The smallest absolute Gasteiger partial charge is 0.322 e. The Balaban J connectivity index is 1.17. The number of rotatable bonds is 8. The molecule has 8 unspecified atom stereocenters. The Morgan fingerprint density at radius 1 is 0.843 bits per heavy atom. The van der Waals surface area contributed by atoms with Gasteiger partial charge in [0.15, 0.2) is 5.78 Å². The number of amides is 2. The highest BCUT2D eigenvalue weighted by Gasteiger charge is 2.74. The summed E-state index contributed by atoms with van der Waals surface area (Å²) in [5.74, 6) is 0.955. The predicted molar refractivity (Wildman–Crippen MR) is 198 cm³/mol. The Labute approximate surface area is 301 Å². The van der Waals surface area contributed by atoms with Gasteiger partial charge in [0.05, 0.1) is 25.4 Å². The van der Waals surface area contributed by atoms with Crippen molar-refractivity contribution in [3.05, 3.63) is 120 Å². The van der Waals surface area contributed by atoms with Crippen LogP contribution in [0.4, 0.5) is 10.5 Å². The van der Waals surface area contributed by atoms with Crippen molar-refractivity contribution in [3.63, 3.8) is 0 Å². The molecule has 3 fully saturated rings. The molecule has 7 heteroatoms. The second-order valence-electron chi connectivity index (χ2n) is 16.5. The molecule has 0 aromatic heterocycles. The summed E-state index contributed by atoms with van der Waals surface area (Å²) in [4.78, 5) is 30.6. The molecule has 0 aliphatic heterocycles. The van der Waals surface area contributed by atoms with E-state index in [0.717, 1.165) is 43.2 Å². The van der Waals surface area contributed by atoms with Gasteiger partial charge in [-0.05, 0) is 92.0 Å². The minimum Gasteiger partial charge on any atom is -0.497 e. The van der Waals surface area contributed by atoms with Crippen LogP contribution in [0, 0.1) is 33.5 Å². The molecule has 6 aliphatic carbocycles. The average Bonchev–Trinajstić information content (AvgIpc) is 3.41. The zero-order chi connectivity index (χ0) is 35.6. The maximum Gasteiger partial charge on any atom is 0.322 e. The topological polar surface area (TPSA) is 99.1 Å². The Bertz CT molecular complexity index is 1880. The summed E-state index contributed by atoms with van der Waals surface area (Å²) in [6, 6.07) is 26.5. The number of hydrogen-bond donors (Lipinski definition) is 3. The summed E-state index contributed by atoms with van der Waals surface area (Å²) in [5, 5.41) is 27.1. The summed E-state index contributed by atoms with van der Waals surface area (Å²) in [6.07, 6.45) is 11.8. The molecule has 2 amide bonds. The third-order valence-corrected chi connectivity index (χ3v) is 14.3. The number of aliphatic hydroxyl groups excluding tert-OH is 1. The van der Waals surface area contributed by atoms with Crippen molar-refractivity contribution in [1.29, 1.82) is 0 Å². The van der Waals surface area contributed by atoms with Crippen molar-refractivity contribution in [2.45, 2.75) is 77.0 Å². The quantitative estimate of drug-likeness (QED) is 0.164. The van der Waals surface area contributed by atoms with Gasteiger partial charge in [0.25, 0.3) is 0 Å². The van der Waals surface area contributed by atoms with Crippen LogP contribution < -0.4 is 10.1 Å². The second-order valence-corrected chi connectivity index (χ2v) is 16.5. The predicted octanol–water partition coefficient (Wildman–Crippen LogP) is 8.20. The van der Waals surface area contributed by atoms with Crippen molar-refractivity contribution in [2.75, 3.05) is 19.0 Å². The fourth-order valence-electron chi connectivity index (χ4n) is 11.5. The van der Waals surface area contributed by atoms with Gasteiger partial charge in [-0.1, -0.05) is 92.7 Å². The van der Waals surface area contributed by atoms with Crippen LogP contribution in [-0.4, -0.2) is 52.3 Å². The summed E-state index contributed by atoms with van der Waals surface area (Å²) < 4.78 is 5.31. The number of Topliss-reactive ketones (excluding diaryl/α,β-unsaturated/α-hetero) is 1. The number of carbonyl (C=O) groups excluding carboxylic acids is 2. The van der Waals surface area contributed by atoms with Gasteiger partial charge >= 0.3 is 6.03 Å². The van der Waals surface area contributed by atoms with E-state index in [9.17, 15) is 19.8 Å². The molecule has 6 aliphatic rings. The Kier molecular flexibility index (Phi) is 8.11. The number of fused-ring (bicyclic) bond motifs is 1. The molecule has 8 atom stereocenters. The molecule has 3 aromatic carbocycles. The van der Waals surface area contributed by atoms with Crippen LogP contribution in [-0.2, 0) is 6.54 Å². The number of allylic oxidation sites excluding steroid dienone is 4. The van der Waals surface area contributed by atoms with Crippen molar-refractivity contribution in [2.24, 2.45) is 33.5 Å². The number of methoxy groups -OCH3 is 1. The van der Waals surface area contributed by atoms with Crippen LogP contribution in [0.25, 0.3) is 0 Å². The lowest BCUT2D eigenvalue weighted by atomic mass is 9.32. The van der Waals surface area contributed by atoms with E-state index in [1.807, 2.05) is 84.9 Å². The van der Waals surface area contributed by atoms with Crippen molar-refractivity contribution in [3.8, 4) is 5.75 Å². The Morgan fingerprint density at radius 2 is 1.49 bits per heavy atom. The Hall–Kier alpha value is -4.20. The standard InChI is InChI=1S/C44H50N2O5/c1-40-21-18-33(47)26-42(40)24-25-44(35(27-42)38(48)31-12-8-5-9-13-31)36(40)19-22-41(2)37(44)20-23-43(41,50)29-46(28-30-10-6-4-7-11-30)39(49)45-32-14-16-34(51-3)17-15-32/h4-17,24-25,27,33,36-37,47,50H,18-23,26,28-29H2,1-3H3,(H,45,49). The number of nitrogens with zero attached hydrogens (tertiary/aromatic N) is 1. The highest BCUT2D eigenvalue weighted by molar-refractivity contribution is 6.10. The van der Waals surface area contributed by atoms with Crippen LogP contribution in [0.1, 0.15) is 74.7 Å². The lowest BCUT2D eigenvalue weighted by Crippen LogP contribution is -2.67. The van der Waals surface area contributed by atoms with E-state index in [0.29, 0.717) is 36.4 Å². The maximum atomic E-state index is 14.7. The zero-order valence-corrected chi connectivity index (χ0v) is 30.0. The van der Waals surface area contributed by atoms with Gasteiger partial charge < -0.3 is 25.2 Å². The molecule has 2 bridgehead atoms. The number of hydrogen-bond acceptors (Lipinski definition) is 5. The molecule has 9 rings (SSSR count). The second kappa shape index (κ2) is 12.2. The summed E-state index contributed by atoms with van der Waals surface area (Å²) in [5.41, 5.74) is 0.348. The molecule has 3 aromatic rings. The number of carbonyl (C=O) groups is 2. The van der Waals surface area contributed by atoms with E-state index in [2.05, 4.69) is 37.4 Å². The van der Waals surface area contributed by atoms with Gasteiger partial charge in [0.2, 0.25) is 0 Å². The first kappa shape index (κ1) is 33.9. The lowest BCUT2D eigenvalue weighted by molar-refractivity contribution is -0.174. The molecule has 0 radical (unpaired) electrons. The first-order valence-corrected chi connectivity index (χ1v) is 18.6. The maximum absolute atomic E-state index is 14.7. The van der Waals surface area contributed by atoms with Crippen LogP contribution in [0.3, 0.4) is 0 Å². The third-order valence-electron chi connectivity index (χ3n) is 14.3. The molecule has 3 saturated carbocycles. The number of anilines is 1. The molecule has 0 heterocycles. The molecule has 2 spiro atoms. The number of nitrogens with one attached hydrogen (secondary N) is 1. The minimum absolute atomic E-state index is 0.00545. The normalized spacial score (nSPS) is 35.9. The van der Waals surface area contributed by atoms with Gasteiger partial charge in [-0.2, -0.15) is 0 Å². The van der Waals surface area contributed by atoms with Gasteiger partial charge in [-0.15, -0.1) is 0 Å². The van der Waals surface area contributed by atoms with Crippen LogP contribution in [0.2, 0.25) is 0 Å². The SMILES string of the molecule is COc1ccc(NC(=O)N(Cc2ccccc2)CC2(O)CCC3C45C=CC6(C=C4C(=O)c4ccccc4)CC(O)CCC6(C)C5CCC32C)cc1. The number of urea groups is 1. The molecular formula is C44H50N2O5. The van der Waals surface area contributed by atoms with E-state index in [1.54, 1.807) is 12.0 Å². The van der Waals surface area contributed by atoms with Gasteiger partial charge in [-0.25, -0.2) is 4.79 Å². The van der Waals surface area contributed by atoms with Crippen molar-refractivity contribution < 1.29 is 24.5 Å². The van der Waals surface area contributed by atoms with Crippen LogP contribution in [0.5, 0.6) is 5.75 Å².